The number of anilines is 1. The molecule has 1 aromatic carbocycles. The zero-order chi connectivity index (χ0) is 15.9. The second-order valence-electron chi connectivity index (χ2n) is 4.77. The first-order valence-electron chi connectivity index (χ1n) is 6.44. The molecule has 0 spiro atoms. The minimum atomic E-state index is -4.57. The molecule has 0 saturated carbocycles. The number of nitrogen functional groups attached to an aromatic ring is 1. The number of fused-ring (bicyclic) bond motifs is 1. The van der Waals surface area contributed by atoms with Gasteiger partial charge in [-0.05, 0) is 13.0 Å². The van der Waals surface area contributed by atoms with E-state index in [9.17, 15) is 13.2 Å². The number of nitrogens with zero attached hydrogens (tertiary/aromatic N) is 3. The van der Waals surface area contributed by atoms with Crippen molar-refractivity contribution in [3.05, 3.63) is 47.8 Å². The molecular weight excluding hydrogens is 293 g/mol. The normalized spacial score (nSPS) is 11.8. The van der Waals surface area contributed by atoms with Gasteiger partial charge in [0.15, 0.2) is 5.65 Å². The van der Waals surface area contributed by atoms with Crippen molar-refractivity contribution in [2.75, 3.05) is 5.73 Å². The monoisotopic (exact) mass is 304 g/mol. The van der Waals surface area contributed by atoms with Crippen molar-refractivity contribution < 1.29 is 13.2 Å². The first-order chi connectivity index (χ1) is 10.4. The molecule has 3 aromatic rings. The van der Waals surface area contributed by atoms with Crippen LogP contribution >= 0.6 is 0 Å². The van der Waals surface area contributed by atoms with Gasteiger partial charge >= 0.3 is 6.18 Å². The molecule has 0 fully saturated rings. The van der Waals surface area contributed by atoms with Gasteiger partial charge in [0.05, 0.1) is 16.6 Å². The zero-order valence-corrected chi connectivity index (χ0v) is 11.5. The summed E-state index contributed by atoms with van der Waals surface area (Å²) < 4.78 is 40.1. The highest BCUT2D eigenvalue weighted by molar-refractivity contribution is 5.91. The molecule has 3 rings (SSSR count). The fourth-order valence-corrected chi connectivity index (χ4v) is 2.25. The lowest BCUT2D eigenvalue weighted by Crippen LogP contribution is -2.10. The number of aromatic nitrogens is 3. The summed E-state index contributed by atoms with van der Waals surface area (Å²) in [6.07, 6.45) is -4.57. The van der Waals surface area contributed by atoms with Crippen LogP contribution in [0.25, 0.3) is 22.3 Å². The number of benzene rings is 1. The van der Waals surface area contributed by atoms with Crippen molar-refractivity contribution in [2.45, 2.75) is 13.1 Å². The fourth-order valence-electron chi connectivity index (χ4n) is 2.25. The quantitative estimate of drug-likeness (QED) is 0.746. The summed E-state index contributed by atoms with van der Waals surface area (Å²) in [6, 6.07) is 9.59. The van der Waals surface area contributed by atoms with Gasteiger partial charge in [-0.2, -0.15) is 13.2 Å². The Labute approximate surface area is 123 Å². The maximum Gasteiger partial charge on any atom is 0.417 e. The van der Waals surface area contributed by atoms with Crippen LogP contribution in [0.15, 0.2) is 36.4 Å². The Balaban J connectivity index is 2.39. The molecule has 0 saturated heterocycles. The third-order valence-electron chi connectivity index (χ3n) is 3.18. The average Bonchev–Trinajstić information content (AvgIpc) is 2.45. The number of alkyl halides is 3. The maximum atomic E-state index is 13.4. The standard InChI is InChI=1S/C15H11F3N4/c1-8-20-13(19)12-10(15(16,17)18)7-11(22-14(12)21-8)9-5-3-2-4-6-9/h2-7H,1H3,(H2,19,20,21,22). The van der Waals surface area contributed by atoms with E-state index >= 15 is 0 Å². The molecule has 0 aliphatic rings. The molecule has 0 bridgehead atoms. The number of aryl methyl sites for hydroxylation is 1. The largest absolute Gasteiger partial charge is 0.417 e. The average molecular weight is 304 g/mol. The minimum absolute atomic E-state index is 0.0568. The predicted octanol–water partition coefficient (Wildman–Crippen LogP) is 3.60. The molecule has 0 unspecified atom stereocenters. The lowest BCUT2D eigenvalue weighted by Gasteiger charge is -2.13. The molecule has 22 heavy (non-hydrogen) atoms. The van der Waals surface area contributed by atoms with E-state index in [2.05, 4.69) is 15.0 Å². The smallest absolute Gasteiger partial charge is 0.383 e. The Kier molecular flexibility index (Phi) is 3.20. The van der Waals surface area contributed by atoms with E-state index in [4.69, 9.17) is 5.73 Å². The summed E-state index contributed by atoms with van der Waals surface area (Å²) in [5, 5.41) is -0.266. The molecule has 0 aliphatic heterocycles. The first kappa shape index (κ1) is 14.2. The third kappa shape index (κ3) is 2.45. The molecular formula is C15H11F3N4. The van der Waals surface area contributed by atoms with E-state index in [1.165, 1.54) is 0 Å². The fraction of sp³-hybridized carbons (Fsp3) is 0.133. The van der Waals surface area contributed by atoms with Gasteiger partial charge in [0, 0.05) is 5.56 Å². The molecule has 4 nitrogen and oxygen atoms in total. The van der Waals surface area contributed by atoms with Crippen LogP contribution in [0.2, 0.25) is 0 Å². The highest BCUT2D eigenvalue weighted by Gasteiger charge is 2.35. The Morgan fingerprint density at radius 2 is 1.68 bits per heavy atom. The van der Waals surface area contributed by atoms with Gasteiger partial charge in [0.25, 0.3) is 0 Å². The van der Waals surface area contributed by atoms with Crippen LogP contribution in [0.5, 0.6) is 0 Å². The topological polar surface area (TPSA) is 64.7 Å². The van der Waals surface area contributed by atoms with Crippen molar-refractivity contribution in [1.29, 1.82) is 0 Å². The predicted molar refractivity (Wildman–Crippen MR) is 76.9 cm³/mol. The Morgan fingerprint density at radius 3 is 2.32 bits per heavy atom. The van der Waals surface area contributed by atoms with Crippen molar-refractivity contribution in [2.24, 2.45) is 0 Å². The Morgan fingerprint density at radius 1 is 1.00 bits per heavy atom. The summed E-state index contributed by atoms with van der Waals surface area (Å²) in [5.41, 5.74) is 5.48. The third-order valence-corrected chi connectivity index (χ3v) is 3.18. The number of halogens is 3. The van der Waals surface area contributed by atoms with Gasteiger partial charge in [-0.15, -0.1) is 0 Å². The van der Waals surface area contributed by atoms with Crippen molar-refractivity contribution >= 4 is 16.9 Å². The highest BCUT2D eigenvalue weighted by Crippen LogP contribution is 2.38. The van der Waals surface area contributed by atoms with E-state index in [0.717, 1.165) is 6.07 Å². The summed E-state index contributed by atoms with van der Waals surface area (Å²) in [7, 11) is 0. The number of nitrogens with two attached hydrogens (primary N) is 1. The molecule has 7 heteroatoms. The van der Waals surface area contributed by atoms with Crippen LogP contribution in [0.3, 0.4) is 0 Å². The van der Waals surface area contributed by atoms with Crippen LogP contribution in [-0.4, -0.2) is 15.0 Å². The summed E-state index contributed by atoms with van der Waals surface area (Å²) in [4.78, 5) is 12.0. The molecule has 0 aliphatic carbocycles. The van der Waals surface area contributed by atoms with Crippen molar-refractivity contribution in [3.8, 4) is 11.3 Å². The molecule has 2 N–H and O–H groups in total. The Bertz CT molecular complexity index is 845. The van der Waals surface area contributed by atoms with Gasteiger partial charge < -0.3 is 5.73 Å². The second-order valence-corrected chi connectivity index (χ2v) is 4.77. The molecule has 2 heterocycles. The summed E-state index contributed by atoms with van der Waals surface area (Å²) in [5.74, 6) is 0.0535. The highest BCUT2D eigenvalue weighted by atomic mass is 19.4. The van der Waals surface area contributed by atoms with Crippen LogP contribution in [0, 0.1) is 6.92 Å². The van der Waals surface area contributed by atoms with E-state index in [1.54, 1.807) is 37.3 Å². The SMILES string of the molecule is Cc1nc(N)c2c(C(F)(F)F)cc(-c3ccccc3)nc2n1. The number of hydrogen-bond donors (Lipinski definition) is 1. The van der Waals surface area contributed by atoms with Crippen LogP contribution < -0.4 is 5.73 Å². The lowest BCUT2D eigenvalue weighted by molar-refractivity contribution is -0.136. The van der Waals surface area contributed by atoms with Crippen molar-refractivity contribution in [3.63, 3.8) is 0 Å². The van der Waals surface area contributed by atoms with Gasteiger partial charge in [0.1, 0.15) is 11.6 Å². The van der Waals surface area contributed by atoms with E-state index in [0.29, 0.717) is 5.56 Å². The summed E-state index contributed by atoms with van der Waals surface area (Å²) in [6.45, 7) is 1.56. The van der Waals surface area contributed by atoms with Crippen molar-refractivity contribution in [1.82, 2.24) is 15.0 Å². The molecule has 112 valence electrons. The zero-order valence-electron chi connectivity index (χ0n) is 11.5. The molecule has 0 atom stereocenters. The molecule has 0 amide bonds. The van der Waals surface area contributed by atoms with Crippen LogP contribution in [-0.2, 0) is 6.18 Å². The maximum absolute atomic E-state index is 13.4. The van der Waals surface area contributed by atoms with E-state index in [1.807, 2.05) is 0 Å². The van der Waals surface area contributed by atoms with Crippen LogP contribution in [0.1, 0.15) is 11.4 Å². The molecule has 2 aromatic heterocycles. The van der Waals surface area contributed by atoms with Gasteiger partial charge in [-0.25, -0.2) is 15.0 Å². The number of pyridine rings is 1. The van der Waals surface area contributed by atoms with E-state index < -0.39 is 11.7 Å². The molecule has 0 radical (unpaired) electrons. The van der Waals surface area contributed by atoms with E-state index in [-0.39, 0.29) is 28.4 Å². The first-order valence-corrected chi connectivity index (χ1v) is 6.44. The number of rotatable bonds is 1. The summed E-state index contributed by atoms with van der Waals surface area (Å²) >= 11 is 0. The Hall–Kier alpha value is -2.70. The van der Waals surface area contributed by atoms with Gasteiger partial charge in [-0.3, -0.25) is 0 Å². The van der Waals surface area contributed by atoms with Crippen LogP contribution in [0.4, 0.5) is 19.0 Å². The van der Waals surface area contributed by atoms with Gasteiger partial charge in [-0.1, -0.05) is 30.3 Å². The number of hydrogen-bond acceptors (Lipinski definition) is 4. The second kappa shape index (κ2) is 4.94. The van der Waals surface area contributed by atoms with Gasteiger partial charge in [0.2, 0.25) is 0 Å². The minimum Gasteiger partial charge on any atom is -0.383 e. The lowest BCUT2D eigenvalue weighted by atomic mass is 10.1.